The molecule has 0 radical (unpaired) electrons. The Balaban J connectivity index is 2.41. The van der Waals surface area contributed by atoms with Crippen LogP contribution in [0.4, 0.5) is 0 Å². The Morgan fingerprint density at radius 2 is 1.83 bits per heavy atom. The summed E-state index contributed by atoms with van der Waals surface area (Å²) in [6, 6.07) is 6.54. The molecule has 1 aliphatic carbocycles. The first-order valence-electron chi connectivity index (χ1n) is 7.08. The average molecular weight is 266 g/mol. The quantitative estimate of drug-likeness (QED) is 0.848. The molecule has 0 aromatic heterocycles. The highest BCUT2D eigenvalue weighted by Gasteiger charge is 2.32. The van der Waals surface area contributed by atoms with E-state index >= 15 is 0 Å². The fourth-order valence-electron chi connectivity index (χ4n) is 3.09. The number of rotatable bonds is 3. The van der Waals surface area contributed by atoms with Crippen molar-refractivity contribution in [2.45, 2.75) is 57.3 Å². The minimum Gasteiger partial charge on any atom is -0.330 e. The van der Waals surface area contributed by atoms with Crippen LogP contribution in [0.2, 0.25) is 5.02 Å². The molecule has 1 fully saturated rings. The van der Waals surface area contributed by atoms with Gasteiger partial charge in [-0.3, -0.25) is 0 Å². The van der Waals surface area contributed by atoms with Crippen LogP contribution in [0.3, 0.4) is 0 Å². The summed E-state index contributed by atoms with van der Waals surface area (Å²) in [4.78, 5) is 0. The van der Waals surface area contributed by atoms with Crippen LogP contribution in [0.5, 0.6) is 0 Å². The normalized spacial score (nSPS) is 19.2. The molecule has 100 valence electrons. The summed E-state index contributed by atoms with van der Waals surface area (Å²) in [5, 5.41) is 0.856. The van der Waals surface area contributed by atoms with Crippen LogP contribution in [-0.2, 0) is 5.41 Å². The van der Waals surface area contributed by atoms with Crippen molar-refractivity contribution < 1.29 is 0 Å². The molecule has 2 rings (SSSR count). The third kappa shape index (κ3) is 2.73. The topological polar surface area (TPSA) is 26.0 Å². The van der Waals surface area contributed by atoms with Gasteiger partial charge in [0.1, 0.15) is 0 Å². The second kappa shape index (κ2) is 5.63. The standard InChI is InChI=1S/C16H24ClN/c1-12(2)13-8-14(10-15(17)9-13)16(11-18)6-4-3-5-7-16/h8-10,12H,3-7,11,18H2,1-2H3. The maximum absolute atomic E-state index is 6.29. The highest BCUT2D eigenvalue weighted by Crippen LogP contribution is 2.40. The minimum atomic E-state index is 0.173. The van der Waals surface area contributed by atoms with Crippen LogP contribution < -0.4 is 5.73 Å². The predicted molar refractivity (Wildman–Crippen MR) is 79.4 cm³/mol. The monoisotopic (exact) mass is 265 g/mol. The first-order chi connectivity index (χ1) is 8.57. The third-order valence-electron chi connectivity index (χ3n) is 4.40. The van der Waals surface area contributed by atoms with E-state index in [1.165, 1.54) is 43.2 Å². The fraction of sp³-hybridized carbons (Fsp3) is 0.625. The molecule has 1 aromatic carbocycles. The van der Waals surface area contributed by atoms with Gasteiger partial charge in [-0.1, -0.05) is 50.8 Å². The Morgan fingerprint density at radius 1 is 1.17 bits per heavy atom. The zero-order valence-electron chi connectivity index (χ0n) is 11.5. The van der Waals surface area contributed by atoms with E-state index in [1.54, 1.807) is 0 Å². The van der Waals surface area contributed by atoms with Crippen LogP contribution in [0.15, 0.2) is 18.2 Å². The van der Waals surface area contributed by atoms with E-state index in [9.17, 15) is 0 Å². The molecule has 0 aliphatic heterocycles. The SMILES string of the molecule is CC(C)c1cc(Cl)cc(C2(CN)CCCCC2)c1. The van der Waals surface area contributed by atoms with Gasteiger partial charge in [-0.2, -0.15) is 0 Å². The second-order valence-corrected chi connectivity index (χ2v) is 6.41. The lowest BCUT2D eigenvalue weighted by Crippen LogP contribution is -2.37. The molecular formula is C16H24ClN. The van der Waals surface area contributed by atoms with Gasteiger partial charge in [0, 0.05) is 17.0 Å². The summed E-state index contributed by atoms with van der Waals surface area (Å²) >= 11 is 6.29. The van der Waals surface area contributed by atoms with Crippen LogP contribution >= 0.6 is 11.6 Å². The van der Waals surface area contributed by atoms with Gasteiger partial charge in [0.05, 0.1) is 0 Å². The molecule has 0 bridgehead atoms. The van der Waals surface area contributed by atoms with Gasteiger partial charge in [-0.25, -0.2) is 0 Å². The molecule has 1 nitrogen and oxygen atoms in total. The molecule has 2 heteroatoms. The zero-order valence-corrected chi connectivity index (χ0v) is 12.3. The van der Waals surface area contributed by atoms with E-state index in [-0.39, 0.29) is 5.41 Å². The predicted octanol–water partition coefficient (Wildman–Crippen LogP) is 4.62. The summed E-state index contributed by atoms with van der Waals surface area (Å²) in [7, 11) is 0. The van der Waals surface area contributed by atoms with Crippen LogP contribution in [0, 0.1) is 0 Å². The number of hydrogen-bond acceptors (Lipinski definition) is 1. The van der Waals surface area contributed by atoms with Gasteiger partial charge < -0.3 is 5.73 Å². The minimum absolute atomic E-state index is 0.173. The van der Waals surface area contributed by atoms with E-state index in [2.05, 4.69) is 32.0 Å². The summed E-state index contributed by atoms with van der Waals surface area (Å²) in [6.07, 6.45) is 6.35. The largest absolute Gasteiger partial charge is 0.330 e. The van der Waals surface area contributed by atoms with Gasteiger partial charge in [0.25, 0.3) is 0 Å². The summed E-state index contributed by atoms with van der Waals surface area (Å²) < 4.78 is 0. The first-order valence-corrected chi connectivity index (χ1v) is 7.46. The van der Waals surface area contributed by atoms with Crippen molar-refractivity contribution in [1.29, 1.82) is 0 Å². The number of hydrogen-bond donors (Lipinski definition) is 1. The Morgan fingerprint density at radius 3 is 2.39 bits per heavy atom. The Labute approximate surface area is 116 Å². The molecule has 1 aromatic rings. The average Bonchev–Trinajstić information content (AvgIpc) is 2.38. The van der Waals surface area contributed by atoms with Gasteiger partial charge in [0.15, 0.2) is 0 Å². The molecular weight excluding hydrogens is 242 g/mol. The van der Waals surface area contributed by atoms with Crippen LogP contribution in [-0.4, -0.2) is 6.54 Å². The summed E-state index contributed by atoms with van der Waals surface area (Å²) in [5.74, 6) is 0.515. The molecule has 0 atom stereocenters. The Bertz CT molecular complexity index is 406. The van der Waals surface area contributed by atoms with Crippen LogP contribution in [0.25, 0.3) is 0 Å². The summed E-state index contributed by atoms with van der Waals surface area (Å²) in [6.45, 7) is 5.17. The number of nitrogens with two attached hydrogens (primary N) is 1. The number of halogens is 1. The van der Waals surface area contributed by atoms with Crippen molar-refractivity contribution in [3.05, 3.63) is 34.3 Å². The molecule has 0 spiro atoms. The van der Waals surface area contributed by atoms with E-state index in [4.69, 9.17) is 17.3 Å². The van der Waals surface area contributed by atoms with Crippen molar-refractivity contribution in [2.75, 3.05) is 6.54 Å². The van der Waals surface area contributed by atoms with Gasteiger partial charge in [-0.05, 0) is 42.0 Å². The van der Waals surface area contributed by atoms with E-state index in [1.807, 2.05) is 0 Å². The highest BCUT2D eigenvalue weighted by molar-refractivity contribution is 6.30. The van der Waals surface area contributed by atoms with Gasteiger partial charge in [0.2, 0.25) is 0 Å². The van der Waals surface area contributed by atoms with Crippen LogP contribution in [0.1, 0.15) is 63.0 Å². The maximum Gasteiger partial charge on any atom is 0.0411 e. The lowest BCUT2D eigenvalue weighted by Gasteiger charge is -2.37. The maximum atomic E-state index is 6.29. The highest BCUT2D eigenvalue weighted by atomic mass is 35.5. The molecule has 0 amide bonds. The lowest BCUT2D eigenvalue weighted by atomic mass is 9.69. The van der Waals surface area contributed by atoms with E-state index in [0.717, 1.165) is 11.6 Å². The van der Waals surface area contributed by atoms with Gasteiger partial charge in [-0.15, -0.1) is 0 Å². The molecule has 0 unspecified atom stereocenters. The Hall–Kier alpha value is -0.530. The zero-order chi connectivity index (χ0) is 13.2. The number of benzene rings is 1. The molecule has 18 heavy (non-hydrogen) atoms. The van der Waals surface area contributed by atoms with Crippen molar-refractivity contribution in [3.63, 3.8) is 0 Å². The summed E-state index contributed by atoms with van der Waals surface area (Å²) in [5.41, 5.74) is 8.97. The third-order valence-corrected chi connectivity index (χ3v) is 4.62. The molecule has 0 heterocycles. The van der Waals surface area contributed by atoms with Crippen molar-refractivity contribution >= 4 is 11.6 Å². The van der Waals surface area contributed by atoms with Gasteiger partial charge >= 0.3 is 0 Å². The smallest absolute Gasteiger partial charge is 0.0411 e. The van der Waals surface area contributed by atoms with Crippen molar-refractivity contribution in [1.82, 2.24) is 0 Å². The van der Waals surface area contributed by atoms with E-state index in [0.29, 0.717) is 5.92 Å². The first kappa shape index (κ1) is 13.9. The molecule has 1 saturated carbocycles. The Kier molecular flexibility index (Phi) is 4.34. The molecule has 1 aliphatic rings. The lowest BCUT2D eigenvalue weighted by molar-refractivity contribution is 0.300. The van der Waals surface area contributed by atoms with Crippen molar-refractivity contribution in [2.24, 2.45) is 5.73 Å². The fourth-order valence-corrected chi connectivity index (χ4v) is 3.33. The molecule has 2 N–H and O–H groups in total. The molecule has 0 saturated heterocycles. The van der Waals surface area contributed by atoms with E-state index < -0.39 is 0 Å². The van der Waals surface area contributed by atoms with Crippen molar-refractivity contribution in [3.8, 4) is 0 Å². The second-order valence-electron chi connectivity index (χ2n) is 5.97.